The fourth-order valence-electron chi connectivity index (χ4n) is 3.26. The standard InChI is InChI=1S/C21H20F3N7O2/c1-13-7-18(29-31(13)11-21(22,23)24)28-20(32)30-6-5-14-8-16(3-4-17(14)30)33-19-9-15(10-25-2)26-12-27-19/h3-9,12,25H,10-11H2,1-2H3,(H,28,29,32). The van der Waals surface area contributed by atoms with Crippen molar-refractivity contribution in [3.63, 3.8) is 0 Å². The van der Waals surface area contributed by atoms with E-state index in [1.54, 1.807) is 36.5 Å². The van der Waals surface area contributed by atoms with E-state index in [1.807, 2.05) is 7.05 Å². The van der Waals surface area contributed by atoms with Gasteiger partial charge in [-0.1, -0.05) is 0 Å². The van der Waals surface area contributed by atoms with Gasteiger partial charge in [0.25, 0.3) is 0 Å². The van der Waals surface area contributed by atoms with Crippen LogP contribution in [-0.2, 0) is 13.1 Å². The Kier molecular flexibility index (Phi) is 6.01. The highest BCUT2D eigenvalue weighted by atomic mass is 19.4. The molecule has 0 aliphatic carbocycles. The largest absolute Gasteiger partial charge is 0.439 e. The fourth-order valence-corrected chi connectivity index (χ4v) is 3.26. The summed E-state index contributed by atoms with van der Waals surface area (Å²) < 4.78 is 45.9. The Morgan fingerprint density at radius 3 is 2.73 bits per heavy atom. The molecule has 9 nitrogen and oxygen atoms in total. The Morgan fingerprint density at radius 2 is 1.97 bits per heavy atom. The first-order chi connectivity index (χ1) is 15.7. The minimum atomic E-state index is -4.41. The molecule has 1 amide bonds. The number of benzene rings is 1. The predicted octanol–water partition coefficient (Wildman–Crippen LogP) is 4.09. The number of nitrogens with zero attached hydrogens (tertiary/aromatic N) is 5. The summed E-state index contributed by atoms with van der Waals surface area (Å²) in [4.78, 5) is 20.9. The van der Waals surface area contributed by atoms with Crippen molar-refractivity contribution in [2.24, 2.45) is 0 Å². The second kappa shape index (κ2) is 8.90. The summed E-state index contributed by atoms with van der Waals surface area (Å²) in [6.45, 7) is 0.830. The van der Waals surface area contributed by atoms with Gasteiger partial charge in [-0.25, -0.2) is 14.8 Å². The number of aryl methyl sites for hydroxylation is 1. The highest BCUT2D eigenvalue weighted by Crippen LogP contribution is 2.26. The summed E-state index contributed by atoms with van der Waals surface area (Å²) in [5, 5.41) is 10.1. The summed E-state index contributed by atoms with van der Waals surface area (Å²) in [6.07, 6.45) is -1.44. The van der Waals surface area contributed by atoms with Gasteiger partial charge in [-0.15, -0.1) is 0 Å². The summed E-state index contributed by atoms with van der Waals surface area (Å²) in [7, 11) is 1.81. The molecule has 0 bridgehead atoms. The van der Waals surface area contributed by atoms with E-state index in [0.717, 1.165) is 15.8 Å². The monoisotopic (exact) mass is 459 g/mol. The fraction of sp³-hybridized carbons (Fsp3) is 0.238. The van der Waals surface area contributed by atoms with Gasteiger partial charge in [0.05, 0.1) is 11.2 Å². The second-order valence-electron chi connectivity index (χ2n) is 7.26. The number of hydrogen-bond donors (Lipinski definition) is 2. The van der Waals surface area contributed by atoms with Crippen molar-refractivity contribution in [3.8, 4) is 11.6 Å². The first-order valence-corrected chi connectivity index (χ1v) is 9.89. The van der Waals surface area contributed by atoms with Crippen LogP contribution in [0.4, 0.5) is 23.8 Å². The molecule has 3 heterocycles. The maximum atomic E-state index is 12.7. The first kappa shape index (κ1) is 22.3. The van der Waals surface area contributed by atoms with Crippen LogP contribution in [0.5, 0.6) is 11.6 Å². The topological polar surface area (TPSA) is 98.9 Å². The molecule has 4 rings (SSSR count). The van der Waals surface area contributed by atoms with Crippen LogP contribution >= 0.6 is 0 Å². The van der Waals surface area contributed by atoms with E-state index in [0.29, 0.717) is 23.7 Å². The first-order valence-electron chi connectivity index (χ1n) is 9.89. The number of carbonyl (C=O) groups excluding carboxylic acids is 1. The third-order valence-corrected chi connectivity index (χ3v) is 4.70. The molecule has 0 atom stereocenters. The Morgan fingerprint density at radius 1 is 1.15 bits per heavy atom. The molecule has 3 aromatic heterocycles. The Hall–Kier alpha value is -3.93. The number of anilines is 1. The molecule has 12 heteroatoms. The van der Waals surface area contributed by atoms with Crippen molar-refractivity contribution in [3.05, 3.63) is 60.3 Å². The molecule has 0 aliphatic rings. The zero-order valence-electron chi connectivity index (χ0n) is 17.7. The molecule has 0 saturated carbocycles. The van der Waals surface area contributed by atoms with Crippen LogP contribution in [0.15, 0.2) is 48.9 Å². The van der Waals surface area contributed by atoms with Gasteiger partial charge in [0.1, 0.15) is 18.6 Å². The quantitative estimate of drug-likeness (QED) is 0.451. The molecular formula is C21H20F3N7O2. The van der Waals surface area contributed by atoms with Crippen molar-refractivity contribution in [1.29, 1.82) is 0 Å². The van der Waals surface area contributed by atoms with Gasteiger partial charge in [0.15, 0.2) is 5.82 Å². The third-order valence-electron chi connectivity index (χ3n) is 4.70. The lowest BCUT2D eigenvalue weighted by Crippen LogP contribution is -2.21. The van der Waals surface area contributed by atoms with Crippen LogP contribution in [-0.4, -0.2) is 43.6 Å². The Bertz CT molecular complexity index is 1300. The molecule has 0 saturated heterocycles. The van der Waals surface area contributed by atoms with E-state index in [-0.39, 0.29) is 11.5 Å². The number of carbonyl (C=O) groups is 1. The lowest BCUT2D eigenvalue weighted by molar-refractivity contribution is -0.142. The van der Waals surface area contributed by atoms with Gasteiger partial charge >= 0.3 is 12.2 Å². The number of hydrogen-bond acceptors (Lipinski definition) is 6. The van der Waals surface area contributed by atoms with E-state index in [9.17, 15) is 18.0 Å². The molecule has 0 radical (unpaired) electrons. The van der Waals surface area contributed by atoms with Crippen LogP contribution in [0.1, 0.15) is 11.4 Å². The van der Waals surface area contributed by atoms with Crippen molar-refractivity contribution in [1.82, 2.24) is 29.6 Å². The normalized spacial score (nSPS) is 11.7. The molecule has 0 aliphatic heterocycles. The second-order valence-corrected chi connectivity index (χ2v) is 7.26. The number of halogens is 3. The van der Waals surface area contributed by atoms with Crippen molar-refractivity contribution >= 4 is 22.8 Å². The van der Waals surface area contributed by atoms with Gasteiger partial charge < -0.3 is 10.1 Å². The molecule has 0 spiro atoms. The number of alkyl halides is 3. The number of ether oxygens (including phenoxy) is 1. The zero-order chi connectivity index (χ0) is 23.6. The van der Waals surface area contributed by atoms with Crippen molar-refractivity contribution < 1.29 is 22.7 Å². The Labute approximate surface area is 186 Å². The molecule has 1 aromatic carbocycles. The molecule has 2 N–H and O–H groups in total. The number of fused-ring (bicyclic) bond motifs is 1. The highest BCUT2D eigenvalue weighted by Gasteiger charge is 2.29. The SMILES string of the molecule is CNCc1cc(Oc2ccc3c(ccn3C(=O)Nc3cc(C)n(CC(F)(F)F)n3)c2)ncn1. The summed E-state index contributed by atoms with van der Waals surface area (Å²) in [5.41, 5.74) is 1.65. The number of nitrogens with one attached hydrogen (secondary N) is 2. The van der Waals surface area contributed by atoms with E-state index < -0.39 is 18.8 Å². The maximum Gasteiger partial charge on any atom is 0.408 e. The van der Waals surface area contributed by atoms with Gasteiger partial charge in [-0.3, -0.25) is 14.6 Å². The Balaban J connectivity index is 1.50. The van der Waals surface area contributed by atoms with E-state index in [4.69, 9.17) is 4.74 Å². The maximum absolute atomic E-state index is 12.7. The number of rotatable bonds is 6. The zero-order valence-corrected chi connectivity index (χ0v) is 17.7. The predicted molar refractivity (Wildman–Crippen MR) is 114 cm³/mol. The minimum Gasteiger partial charge on any atom is -0.439 e. The average Bonchev–Trinajstić information content (AvgIpc) is 3.30. The van der Waals surface area contributed by atoms with Gasteiger partial charge in [-0.2, -0.15) is 18.3 Å². The molecule has 0 unspecified atom stereocenters. The average molecular weight is 459 g/mol. The van der Waals surface area contributed by atoms with Crippen LogP contribution in [0, 0.1) is 6.92 Å². The van der Waals surface area contributed by atoms with Crippen LogP contribution in [0.25, 0.3) is 10.9 Å². The van der Waals surface area contributed by atoms with Gasteiger partial charge in [0.2, 0.25) is 5.88 Å². The molecule has 0 fully saturated rings. The lowest BCUT2D eigenvalue weighted by Gasteiger charge is -2.08. The summed E-state index contributed by atoms with van der Waals surface area (Å²) in [5.74, 6) is 0.942. The number of amides is 1. The van der Waals surface area contributed by atoms with Gasteiger partial charge in [0, 0.05) is 36.0 Å². The van der Waals surface area contributed by atoms with Gasteiger partial charge in [-0.05, 0) is 38.2 Å². The number of aromatic nitrogens is 5. The van der Waals surface area contributed by atoms with E-state index in [1.165, 1.54) is 23.9 Å². The van der Waals surface area contributed by atoms with Crippen molar-refractivity contribution in [2.75, 3.05) is 12.4 Å². The van der Waals surface area contributed by atoms with Crippen LogP contribution in [0.2, 0.25) is 0 Å². The van der Waals surface area contributed by atoms with E-state index in [2.05, 4.69) is 25.7 Å². The van der Waals surface area contributed by atoms with E-state index >= 15 is 0 Å². The highest BCUT2D eigenvalue weighted by molar-refractivity contribution is 5.98. The van der Waals surface area contributed by atoms with Crippen LogP contribution < -0.4 is 15.4 Å². The molecule has 33 heavy (non-hydrogen) atoms. The molecule has 172 valence electrons. The third kappa shape index (κ3) is 5.29. The minimum absolute atomic E-state index is 0.0321. The molecule has 4 aromatic rings. The summed E-state index contributed by atoms with van der Waals surface area (Å²) >= 11 is 0. The summed E-state index contributed by atoms with van der Waals surface area (Å²) in [6, 6.07) is 9.41. The smallest absolute Gasteiger partial charge is 0.408 e. The lowest BCUT2D eigenvalue weighted by atomic mass is 10.2. The van der Waals surface area contributed by atoms with Crippen LogP contribution in [0.3, 0.4) is 0 Å². The van der Waals surface area contributed by atoms with Crippen molar-refractivity contribution in [2.45, 2.75) is 26.2 Å². The molecular weight excluding hydrogens is 439 g/mol.